The molecule has 2 radical (unpaired) electrons. The number of likely N-dealkylation sites (N-methyl/N-ethyl adjacent to an activating group) is 1. The first-order valence-electron chi connectivity index (χ1n) is 9.20. The van der Waals surface area contributed by atoms with Gasteiger partial charge in [-0.15, -0.1) is 0 Å². The van der Waals surface area contributed by atoms with Crippen molar-refractivity contribution in [1.29, 1.82) is 0 Å². The Morgan fingerprint density at radius 1 is 1.07 bits per heavy atom. The van der Waals surface area contributed by atoms with Crippen molar-refractivity contribution < 1.29 is 23.6 Å². The van der Waals surface area contributed by atoms with Gasteiger partial charge in [0.2, 0.25) is 0 Å². The maximum atomic E-state index is 11.9. The van der Waals surface area contributed by atoms with E-state index in [1.807, 2.05) is 18.2 Å². The molecule has 1 aliphatic carbocycles. The molecule has 1 aliphatic heterocycles. The lowest BCUT2D eigenvalue weighted by Gasteiger charge is -2.22. The van der Waals surface area contributed by atoms with Crippen LogP contribution in [0.4, 0.5) is 0 Å². The van der Waals surface area contributed by atoms with Crippen LogP contribution in [0.2, 0.25) is 0 Å². The van der Waals surface area contributed by atoms with Gasteiger partial charge in [0, 0.05) is 5.46 Å². The average Bonchev–Trinajstić information content (AvgIpc) is 3.02. The first kappa shape index (κ1) is 18.6. The number of hydrogen-bond donors (Lipinski definition) is 0. The predicted octanol–water partition coefficient (Wildman–Crippen LogP) is 0.274. The average molecular weight is 375 g/mol. The summed E-state index contributed by atoms with van der Waals surface area (Å²) in [5.74, 6) is -0.189. The van der Waals surface area contributed by atoms with E-state index in [0.717, 1.165) is 23.9 Å². The lowest BCUT2D eigenvalue weighted by molar-refractivity contribution is -0.145. The summed E-state index contributed by atoms with van der Waals surface area (Å²) in [5.41, 5.74) is 3.72. The normalized spacial score (nSPS) is 20.0. The highest BCUT2D eigenvalue weighted by atomic mass is 16.6. The van der Waals surface area contributed by atoms with Crippen molar-refractivity contribution in [2.24, 2.45) is 0 Å². The molecule has 1 fully saturated rings. The summed E-state index contributed by atoms with van der Waals surface area (Å²) in [5, 5.41) is 0. The highest BCUT2D eigenvalue weighted by Gasteiger charge is 2.33. The van der Waals surface area contributed by atoms with Crippen LogP contribution in [0.5, 0.6) is 5.75 Å². The topological polar surface area (TPSA) is 65.1 Å². The summed E-state index contributed by atoms with van der Waals surface area (Å²) in [6.45, 7) is 0.0802. The molecule has 1 saturated heterocycles. The van der Waals surface area contributed by atoms with Crippen LogP contribution in [0.3, 0.4) is 0 Å². The maximum absolute atomic E-state index is 11.9. The second-order valence-electron chi connectivity index (χ2n) is 7.16. The monoisotopic (exact) mass is 375 g/mol. The van der Waals surface area contributed by atoms with Gasteiger partial charge < -0.3 is 14.0 Å². The molecule has 2 aromatic carbocycles. The van der Waals surface area contributed by atoms with Gasteiger partial charge in [0.05, 0.1) is 13.1 Å². The third-order valence-electron chi connectivity index (χ3n) is 4.90. The molecular formula is C20H19B2NO5. The summed E-state index contributed by atoms with van der Waals surface area (Å²) in [4.78, 5) is 25.3. The zero-order valence-electron chi connectivity index (χ0n) is 15.6. The molecule has 0 bridgehead atoms. The molecule has 28 heavy (non-hydrogen) atoms. The molecule has 1 unspecified atom stereocenters. The van der Waals surface area contributed by atoms with Crippen molar-refractivity contribution >= 4 is 37.8 Å². The van der Waals surface area contributed by atoms with Gasteiger partial charge in [0.15, 0.2) is 0 Å². The number of rotatable bonds is 3. The molecule has 0 amide bonds. The van der Waals surface area contributed by atoms with Gasteiger partial charge in [0.1, 0.15) is 19.7 Å². The van der Waals surface area contributed by atoms with Gasteiger partial charge >= 0.3 is 19.1 Å². The SMILES string of the molecule is [B]c1ccc2c(c1)CCC2Oc1ccc(B2OC(=O)CN(C)CC(=O)O2)cc1. The van der Waals surface area contributed by atoms with Crippen LogP contribution in [0.25, 0.3) is 0 Å². The van der Waals surface area contributed by atoms with E-state index in [-0.39, 0.29) is 19.2 Å². The van der Waals surface area contributed by atoms with Crippen molar-refractivity contribution in [3.05, 3.63) is 53.6 Å². The molecule has 1 heterocycles. The van der Waals surface area contributed by atoms with Crippen molar-refractivity contribution in [2.45, 2.75) is 18.9 Å². The van der Waals surface area contributed by atoms with E-state index in [1.54, 1.807) is 36.2 Å². The number of benzene rings is 2. The van der Waals surface area contributed by atoms with Crippen molar-refractivity contribution in [3.8, 4) is 5.75 Å². The number of fused-ring (bicyclic) bond motifs is 1. The molecule has 8 heteroatoms. The van der Waals surface area contributed by atoms with Crippen molar-refractivity contribution in [1.82, 2.24) is 4.90 Å². The minimum atomic E-state index is -1.04. The van der Waals surface area contributed by atoms with Gasteiger partial charge in [-0.05, 0) is 43.1 Å². The standard InChI is InChI=1S/C20H19B2NO5/c1-23-11-19(24)27-22(28-20(25)12-23)15-4-6-16(7-5-15)26-18-9-2-13-10-14(21)3-8-17(13)18/h3-8,10,18H,2,9,11-12H2,1H3. The minimum absolute atomic E-state index is 0.0194. The fourth-order valence-electron chi connectivity index (χ4n) is 3.56. The second-order valence-corrected chi connectivity index (χ2v) is 7.16. The first-order chi connectivity index (χ1) is 13.5. The smallest absolute Gasteiger partial charge is 0.494 e. The van der Waals surface area contributed by atoms with Crippen LogP contribution in [0.15, 0.2) is 42.5 Å². The fourth-order valence-corrected chi connectivity index (χ4v) is 3.56. The molecule has 0 spiro atoms. The Morgan fingerprint density at radius 3 is 2.43 bits per heavy atom. The van der Waals surface area contributed by atoms with E-state index in [9.17, 15) is 9.59 Å². The molecule has 0 aromatic heterocycles. The number of aryl methyl sites for hydroxylation is 1. The van der Waals surface area contributed by atoms with Crippen LogP contribution < -0.4 is 15.7 Å². The first-order valence-corrected chi connectivity index (χ1v) is 9.20. The molecule has 6 nitrogen and oxygen atoms in total. The summed E-state index contributed by atoms with van der Waals surface area (Å²) >= 11 is 0. The van der Waals surface area contributed by atoms with E-state index in [2.05, 4.69) is 0 Å². The van der Waals surface area contributed by atoms with E-state index in [1.165, 1.54) is 5.56 Å². The van der Waals surface area contributed by atoms with Gasteiger partial charge in [-0.3, -0.25) is 14.5 Å². The van der Waals surface area contributed by atoms with Gasteiger partial charge in [-0.25, -0.2) is 0 Å². The summed E-state index contributed by atoms with van der Waals surface area (Å²) in [6.07, 6.45) is 1.81. The van der Waals surface area contributed by atoms with Gasteiger partial charge in [-0.2, -0.15) is 0 Å². The third-order valence-corrected chi connectivity index (χ3v) is 4.90. The minimum Gasteiger partial charge on any atom is -0.494 e. The van der Waals surface area contributed by atoms with Crippen molar-refractivity contribution in [3.63, 3.8) is 0 Å². The molecule has 0 saturated carbocycles. The zero-order chi connectivity index (χ0) is 19.7. The maximum Gasteiger partial charge on any atom is 0.636 e. The Hall–Kier alpha value is -2.73. The Bertz CT molecular complexity index is 882. The molecule has 140 valence electrons. The Balaban J connectivity index is 1.46. The third kappa shape index (κ3) is 4.07. The summed E-state index contributed by atoms with van der Waals surface area (Å²) in [6, 6.07) is 13.0. The second kappa shape index (κ2) is 7.72. The highest BCUT2D eigenvalue weighted by molar-refractivity contribution is 6.64. The quantitative estimate of drug-likeness (QED) is 0.719. The van der Waals surface area contributed by atoms with Gasteiger partial charge in [0.25, 0.3) is 0 Å². The fraction of sp³-hybridized carbons (Fsp3) is 0.300. The van der Waals surface area contributed by atoms with Crippen LogP contribution >= 0.6 is 0 Å². The van der Waals surface area contributed by atoms with Crippen LogP contribution in [0, 0.1) is 0 Å². The number of carbonyl (C=O) groups is 2. The van der Waals surface area contributed by atoms with Crippen LogP contribution in [0.1, 0.15) is 23.7 Å². The number of hydrogen-bond acceptors (Lipinski definition) is 6. The van der Waals surface area contributed by atoms with Gasteiger partial charge in [-0.1, -0.05) is 35.8 Å². The molecule has 1 atom stereocenters. The highest BCUT2D eigenvalue weighted by Crippen LogP contribution is 2.34. The Labute approximate surface area is 165 Å². The van der Waals surface area contributed by atoms with Crippen LogP contribution in [-0.2, 0) is 25.3 Å². The van der Waals surface area contributed by atoms with E-state index >= 15 is 0 Å². The van der Waals surface area contributed by atoms with E-state index in [0.29, 0.717) is 11.2 Å². The summed E-state index contributed by atoms with van der Waals surface area (Å²) < 4.78 is 16.7. The molecular weight excluding hydrogens is 356 g/mol. The lowest BCUT2D eigenvalue weighted by atomic mass is 9.78. The molecule has 4 rings (SSSR count). The number of ether oxygens (including phenoxy) is 1. The lowest BCUT2D eigenvalue weighted by Crippen LogP contribution is -2.47. The molecule has 0 N–H and O–H groups in total. The number of nitrogens with zero attached hydrogens (tertiary/aromatic N) is 1. The molecule has 2 aromatic rings. The Kier molecular flexibility index (Phi) is 5.13. The Morgan fingerprint density at radius 2 is 1.75 bits per heavy atom. The molecule has 2 aliphatic rings. The van der Waals surface area contributed by atoms with Crippen LogP contribution in [-0.4, -0.2) is 51.9 Å². The van der Waals surface area contributed by atoms with E-state index in [4.69, 9.17) is 21.9 Å². The predicted molar refractivity (Wildman–Crippen MR) is 105 cm³/mol. The zero-order valence-corrected chi connectivity index (χ0v) is 15.6. The largest absolute Gasteiger partial charge is 0.636 e. The summed E-state index contributed by atoms with van der Waals surface area (Å²) in [7, 11) is 6.46. The number of carbonyl (C=O) groups excluding carboxylic acids is 2. The van der Waals surface area contributed by atoms with E-state index < -0.39 is 19.1 Å². The van der Waals surface area contributed by atoms with Crippen molar-refractivity contribution in [2.75, 3.05) is 20.1 Å².